The van der Waals surface area contributed by atoms with Gasteiger partial charge in [-0.3, -0.25) is 4.79 Å². The lowest BCUT2D eigenvalue weighted by atomic mass is 10.1. The van der Waals surface area contributed by atoms with Gasteiger partial charge in [0.1, 0.15) is 0 Å². The molecule has 1 atom stereocenters. The van der Waals surface area contributed by atoms with Crippen molar-refractivity contribution < 1.29 is 9.32 Å². The summed E-state index contributed by atoms with van der Waals surface area (Å²) < 4.78 is 5.34. The minimum Gasteiger partial charge on any atom is -0.339 e. The maximum atomic E-state index is 12.2. The molecule has 3 aromatic heterocycles. The minimum atomic E-state index is 0.0308. The number of likely N-dealkylation sites (tertiary alicyclic amines) is 1. The van der Waals surface area contributed by atoms with Crippen molar-refractivity contribution in [1.82, 2.24) is 15.0 Å². The Morgan fingerprint density at radius 2 is 2.00 bits per heavy atom. The Labute approximate surface area is 141 Å². The lowest BCUT2D eigenvalue weighted by Crippen LogP contribution is -2.23. The molecule has 0 N–H and O–H groups in total. The molecule has 1 aliphatic rings. The zero-order valence-electron chi connectivity index (χ0n) is 12.3. The standard InChI is InChI=1S/C16H15N3O2S2/c20-15-7-11(9-19(15)10-13-4-2-6-23-13)16-17-14(21-18-16)8-12-3-1-5-22-12/h1-6,11H,7-10H2. The number of nitrogens with zero attached hydrogens (tertiary/aromatic N) is 3. The number of amides is 1. The smallest absolute Gasteiger partial charge is 0.231 e. The molecule has 0 saturated carbocycles. The number of carbonyl (C=O) groups excluding carboxylic acids is 1. The molecule has 4 heterocycles. The van der Waals surface area contributed by atoms with E-state index in [4.69, 9.17) is 4.52 Å². The van der Waals surface area contributed by atoms with Crippen molar-refractivity contribution in [2.24, 2.45) is 0 Å². The lowest BCUT2D eigenvalue weighted by Gasteiger charge is -2.14. The van der Waals surface area contributed by atoms with Gasteiger partial charge in [-0.05, 0) is 22.9 Å². The van der Waals surface area contributed by atoms with E-state index in [0.717, 1.165) is 0 Å². The number of carbonyl (C=O) groups is 1. The van der Waals surface area contributed by atoms with Gasteiger partial charge in [0, 0.05) is 28.6 Å². The largest absolute Gasteiger partial charge is 0.339 e. The van der Waals surface area contributed by atoms with Crippen molar-refractivity contribution in [3.63, 3.8) is 0 Å². The molecular formula is C16H15N3O2S2. The number of thiophene rings is 2. The fourth-order valence-electron chi connectivity index (χ4n) is 2.76. The first kappa shape index (κ1) is 14.6. The van der Waals surface area contributed by atoms with E-state index in [0.29, 0.717) is 37.6 Å². The van der Waals surface area contributed by atoms with Crippen LogP contribution in [0.2, 0.25) is 0 Å². The Balaban J connectivity index is 1.42. The Hall–Kier alpha value is -1.99. The molecule has 5 nitrogen and oxygen atoms in total. The molecular weight excluding hydrogens is 330 g/mol. The molecule has 1 unspecified atom stereocenters. The Morgan fingerprint density at radius 3 is 2.74 bits per heavy atom. The Morgan fingerprint density at radius 1 is 1.22 bits per heavy atom. The summed E-state index contributed by atoms with van der Waals surface area (Å²) in [6.45, 7) is 1.33. The quantitative estimate of drug-likeness (QED) is 0.712. The molecule has 0 spiro atoms. The van der Waals surface area contributed by atoms with Crippen LogP contribution in [0.1, 0.15) is 33.8 Å². The first-order chi connectivity index (χ1) is 11.3. The van der Waals surface area contributed by atoms with E-state index < -0.39 is 0 Å². The van der Waals surface area contributed by atoms with Gasteiger partial charge in [0.25, 0.3) is 0 Å². The highest BCUT2D eigenvalue weighted by Gasteiger charge is 2.33. The molecule has 7 heteroatoms. The monoisotopic (exact) mass is 345 g/mol. The molecule has 1 aliphatic heterocycles. The van der Waals surface area contributed by atoms with Crippen LogP contribution in [0.5, 0.6) is 0 Å². The highest BCUT2D eigenvalue weighted by molar-refractivity contribution is 7.10. The van der Waals surface area contributed by atoms with Gasteiger partial charge in [0.2, 0.25) is 11.8 Å². The van der Waals surface area contributed by atoms with Crippen molar-refractivity contribution in [1.29, 1.82) is 0 Å². The molecule has 1 amide bonds. The van der Waals surface area contributed by atoms with Gasteiger partial charge in [-0.2, -0.15) is 4.98 Å². The summed E-state index contributed by atoms with van der Waals surface area (Å²) in [5.74, 6) is 1.46. The lowest BCUT2D eigenvalue weighted by molar-refractivity contribution is -0.128. The molecule has 0 radical (unpaired) electrons. The summed E-state index contributed by atoms with van der Waals surface area (Å²) in [5, 5.41) is 8.15. The van der Waals surface area contributed by atoms with Crippen LogP contribution in [0.3, 0.4) is 0 Å². The Bertz CT molecular complexity index is 780. The third-order valence-electron chi connectivity index (χ3n) is 3.90. The summed E-state index contributed by atoms with van der Waals surface area (Å²) in [6, 6.07) is 8.12. The summed E-state index contributed by atoms with van der Waals surface area (Å²) in [5.41, 5.74) is 0. The van der Waals surface area contributed by atoms with Crippen molar-refractivity contribution in [2.45, 2.75) is 25.3 Å². The highest BCUT2D eigenvalue weighted by atomic mass is 32.1. The van der Waals surface area contributed by atoms with Crippen LogP contribution in [-0.2, 0) is 17.8 Å². The van der Waals surface area contributed by atoms with Crippen molar-refractivity contribution >= 4 is 28.6 Å². The van der Waals surface area contributed by atoms with Gasteiger partial charge in [0.05, 0.1) is 13.0 Å². The summed E-state index contributed by atoms with van der Waals surface area (Å²) >= 11 is 3.35. The second-order valence-corrected chi connectivity index (χ2v) is 7.62. The van der Waals surface area contributed by atoms with Gasteiger partial charge >= 0.3 is 0 Å². The zero-order chi connectivity index (χ0) is 15.6. The molecule has 23 heavy (non-hydrogen) atoms. The highest BCUT2D eigenvalue weighted by Crippen LogP contribution is 2.28. The molecule has 0 aliphatic carbocycles. The fourth-order valence-corrected chi connectivity index (χ4v) is 4.17. The zero-order valence-corrected chi connectivity index (χ0v) is 14.0. The maximum Gasteiger partial charge on any atom is 0.231 e. The number of aromatic nitrogens is 2. The van der Waals surface area contributed by atoms with Crippen LogP contribution in [-0.4, -0.2) is 27.5 Å². The molecule has 1 fully saturated rings. The molecule has 1 saturated heterocycles. The summed E-state index contributed by atoms with van der Waals surface area (Å²) in [7, 11) is 0. The minimum absolute atomic E-state index is 0.0308. The maximum absolute atomic E-state index is 12.2. The van der Waals surface area contributed by atoms with Gasteiger partial charge in [0.15, 0.2) is 5.82 Å². The molecule has 4 rings (SSSR count). The second-order valence-electron chi connectivity index (χ2n) is 5.56. The van der Waals surface area contributed by atoms with E-state index in [-0.39, 0.29) is 11.8 Å². The molecule has 118 valence electrons. The van der Waals surface area contributed by atoms with Gasteiger partial charge in [-0.25, -0.2) is 0 Å². The Kier molecular flexibility index (Phi) is 3.97. The molecule has 0 bridgehead atoms. The molecule has 0 aromatic carbocycles. The molecule has 3 aromatic rings. The van der Waals surface area contributed by atoms with Crippen LogP contribution < -0.4 is 0 Å². The van der Waals surface area contributed by atoms with Gasteiger partial charge < -0.3 is 9.42 Å². The van der Waals surface area contributed by atoms with Crippen LogP contribution >= 0.6 is 22.7 Å². The predicted octanol–water partition coefficient (Wildman–Crippen LogP) is 3.30. The van der Waals surface area contributed by atoms with Crippen LogP contribution in [0, 0.1) is 0 Å². The second kappa shape index (κ2) is 6.25. The third-order valence-corrected chi connectivity index (χ3v) is 5.63. The van der Waals surface area contributed by atoms with E-state index in [2.05, 4.69) is 22.3 Å². The first-order valence-electron chi connectivity index (χ1n) is 7.43. The predicted molar refractivity (Wildman–Crippen MR) is 88.5 cm³/mol. The number of hydrogen-bond donors (Lipinski definition) is 0. The van der Waals surface area contributed by atoms with Crippen LogP contribution in [0.4, 0.5) is 0 Å². The van der Waals surface area contributed by atoms with E-state index in [9.17, 15) is 4.79 Å². The summed E-state index contributed by atoms with van der Waals surface area (Å²) in [6.07, 6.45) is 1.12. The van der Waals surface area contributed by atoms with Crippen LogP contribution in [0.15, 0.2) is 39.5 Å². The van der Waals surface area contributed by atoms with E-state index in [1.54, 1.807) is 22.7 Å². The fraction of sp³-hybridized carbons (Fsp3) is 0.312. The topological polar surface area (TPSA) is 59.2 Å². The van der Waals surface area contributed by atoms with E-state index in [1.165, 1.54) is 9.75 Å². The summed E-state index contributed by atoms with van der Waals surface area (Å²) in [4.78, 5) is 21.0. The normalized spacial score (nSPS) is 18.0. The first-order valence-corrected chi connectivity index (χ1v) is 9.19. The number of rotatable bonds is 5. The third kappa shape index (κ3) is 3.20. The van der Waals surface area contributed by atoms with Crippen molar-refractivity contribution in [3.8, 4) is 0 Å². The average molecular weight is 345 g/mol. The van der Waals surface area contributed by atoms with Crippen LogP contribution in [0.25, 0.3) is 0 Å². The van der Waals surface area contributed by atoms with E-state index >= 15 is 0 Å². The van der Waals surface area contributed by atoms with Gasteiger partial charge in [-0.15, -0.1) is 22.7 Å². The van der Waals surface area contributed by atoms with Crippen molar-refractivity contribution in [2.75, 3.05) is 6.54 Å². The SMILES string of the molecule is O=C1CC(c2noc(Cc3cccs3)n2)CN1Cc1cccs1. The van der Waals surface area contributed by atoms with E-state index in [1.807, 2.05) is 27.8 Å². The number of hydrogen-bond acceptors (Lipinski definition) is 6. The van der Waals surface area contributed by atoms with Gasteiger partial charge in [-0.1, -0.05) is 17.3 Å². The average Bonchev–Trinajstić information content (AvgIpc) is 3.30. The van der Waals surface area contributed by atoms with Crippen molar-refractivity contribution in [3.05, 3.63) is 56.5 Å².